The molecule has 0 aliphatic carbocycles. The van der Waals surface area contributed by atoms with Gasteiger partial charge in [-0.1, -0.05) is 18.5 Å². The molecule has 2 nitrogen and oxygen atoms in total. The van der Waals surface area contributed by atoms with Crippen LogP contribution in [0.15, 0.2) is 12.3 Å². The van der Waals surface area contributed by atoms with Crippen molar-refractivity contribution in [2.75, 3.05) is 13.1 Å². The molecule has 1 aliphatic rings. The first-order chi connectivity index (χ1) is 7.22. The summed E-state index contributed by atoms with van der Waals surface area (Å²) in [6.45, 7) is 6.67. The van der Waals surface area contributed by atoms with Crippen LogP contribution in [0.5, 0.6) is 0 Å². The summed E-state index contributed by atoms with van der Waals surface area (Å²) in [6.07, 6.45) is 4.48. The molecule has 2 rings (SSSR count). The van der Waals surface area contributed by atoms with Gasteiger partial charge in [-0.05, 0) is 50.0 Å². The molecule has 1 saturated heterocycles. The molecule has 1 atom stereocenters. The Morgan fingerprint density at radius 2 is 2.40 bits per heavy atom. The van der Waals surface area contributed by atoms with E-state index in [0.29, 0.717) is 11.2 Å². The second-order valence-corrected chi connectivity index (χ2v) is 4.54. The predicted molar refractivity (Wildman–Crippen MR) is 63.2 cm³/mol. The van der Waals surface area contributed by atoms with Crippen molar-refractivity contribution in [3.8, 4) is 0 Å². The summed E-state index contributed by atoms with van der Waals surface area (Å²) in [5.74, 6) is 0. The molecule has 1 fully saturated rings. The second-order valence-electron chi connectivity index (χ2n) is 4.15. The quantitative estimate of drug-likeness (QED) is 0.718. The van der Waals surface area contributed by atoms with E-state index in [1.807, 2.05) is 12.3 Å². The van der Waals surface area contributed by atoms with Gasteiger partial charge in [0.25, 0.3) is 0 Å². The Kier molecular flexibility index (Phi) is 3.27. The van der Waals surface area contributed by atoms with E-state index in [-0.39, 0.29) is 0 Å². The van der Waals surface area contributed by atoms with Crippen LogP contribution in [0.25, 0.3) is 0 Å². The third kappa shape index (κ3) is 2.16. The monoisotopic (exact) mass is 224 g/mol. The smallest absolute Gasteiger partial charge is 0.129 e. The number of rotatable bonds is 2. The van der Waals surface area contributed by atoms with Gasteiger partial charge in [-0.25, -0.2) is 4.98 Å². The van der Waals surface area contributed by atoms with Gasteiger partial charge in [-0.15, -0.1) is 0 Å². The summed E-state index contributed by atoms with van der Waals surface area (Å²) in [5.41, 5.74) is 2.61. The van der Waals surface area contributed by atoms with Crippen LogP contribution >= 0.6 is 11.6 Å². The van der Waals surface area contributed by atoms with Crippen LogP contribution in [0, 0.1) is 6.92 Å². The van der Waals surface area contributed by atoms with Gasteiger partial charge < -0.3 is 0 Å². The van der Waals surface area contributed by atoms with Gasteiger partial charge in [0, 0.05) is 12.2 Å². The maximum atomic E-state index is 5.87. The van der Waals surface area contributed by atoms with Gasteiger partial charge in [-0.3, -0.25) is 4.90 Å². The number of aromatic nitrogens is 1. The van der Waals surface area contributed by atoms with Crippen LogP contribution in [0.1, 0.15) is 36.9 Å². The van der Waals surface area contributed by atoms with Crippen molar-refractivity contribution in [1.82, 2.24) is 9.88 Å². The third-order valence-corrected chi connectivity index (χ3v) is 3.45. The van der Waals surface area contributed by atoms with Crippen LogP contribution in [-0.4, -0.2) is 23.0 Å². The van der Waals surface area contributed by atoms with Crippen molar-refractivity contribution >= 4 is 11.6 Å². The molecule has 0 aromatic carbocycles. The fourth-order valence-electron chi connectivity index (χ4n) is 2.44. The first-order valence-corrected chi connectivity index (χ1v) is 5.96. The first kappa shape index (κ1) is 10.9. The van der Waals surface area contributed by atoms with Crippen molar-refractivity contribution in [3.05, 3.63) is 28.5 Å². The van der Waals surface area contributed by atoms with Crippen LogP contribution in [0.3, 0.4) is 0 Å². The lowest BCUT2D eigenvalue weighted by Gasteiger charge is -2.24. The normalized spacial score (nSPS) is 22.2. The van der Waals surface area contributed by atoms with Crippen molar-refractivity contribution < 1.29 is 0 Å². The molecule has 0 bridgehead atoms. The van der Waals surface area contributed by atoms with Gasteiger partial charge >= 0.3 is 0 Å². The molecule has 0 spiro atoms. The molecule has 15 heavy (non-hydrogen) atoms. The molecule has 1 aromatic heterocycles. The average Bonchev–Trinajstić information content (AvgIpc) is 2.65. The number of hydrogen-bond acceptors (Lipinski definition) is 2. The minimum absolute atomic E-state index is 0.555. The summed E-state index contributed by atoms with van der Waals surface area (Å²) < 4.78 is 0. The van der Waals surface area contributed by atoms with Crippen molar-refractivity contribution in [3.63, 3.8) is 0 Å². The van der Waals surface area contributed by atoms with Crippen LogP contribution < -0.4 is 0 Å². The molecular weight excluding hydrogens is 208 g/mol. The maximum absolute atomic E-state index is 5.87. The Bertz CT molecular complexity index is 351. The van der Waals surface area contributed by atoms with Gasteiger partial charge in [0.1, 0.15) is 5.15 Å². The number of likely N-dealkylation sites (tertiary alicyclic amines) is 1. The van der Waals surface area contributed by atoms with Crippen molar-refractivity contribution in [1.29, 1.82) is 0 Å². The van der Waals surface area contributed by atoms with E-state index in [1.165, 1.54) is 30.5 Å². The van der Waals surface area contributed by atoms with E-state index in [9.17, 15) is 0 Å². The van der Waals surface area contributed by atoms with E-state index in [2.05, 4.69) is 23.7 Å². The third-order valence-electron chi connectivity index (χ3n) is 3.25. The second kappa shape index (κ2) is 4.50. The zero-order chi connectivity index (χ0) is 10.8. The maximum Gasteiger partial charge on any atom is 0.129 e. The zero-order valence-corrected chi connectivity index (χ0v) is 10.1. The molecule has 0 radical (unpaired) electrons. The fourth-order valence-corrected chi connectivity index (χ4v) is 2.65. The average molecular weight is 225 g/mol. The van der Waals surface area contributed by atoms with Gasteiger partial charge in [0.2, 0.25) is 0 Å². The summed E-state index contributed by atoms with van der Waals surface area (Å²) in [7, 11) is 0. The number of hydrogen-bond donors (Lipinski definition) is 0. The SMILES string of the molecule is CCN1CCC[C@@H]1c1cnc(Cl)cc1C. The lowest BCUT2D eigenvalue weighted by molar-refractivity contribution is 0.270. The van der Waals surface area contributed by atoms with E-state index < -0.39 is 0 Å². The van der Waals surface area contributed by atoms with E-state index in [4.69, 9.17) is 11.6 Å². The predicted octanol–water partition coefficient (Wildman–Crippen LogP) is 3.20. The highest BCUT2D eigenvalue weighted by molar-refractivity contribution is 6.29. The Hall–Kier alpha value is -0.600. The van der Waals surface area contributed by atoms with Crippen LogP contribution in [0.4, 0.5) is 0 Å². The van der Waals surface area contributed by atoms with Crippen LogP contribution in [0.2, 0.25) is 5.15 Å². The van der Waals surface area contributed by atoms with Gasteiger partial charge in [-0.2, -0.15) is 0 Å². The largest absolute Gasteiger partial charge is 0.297 e. The molecule has 82 valence electrons. The zero-order valence-electron chi connectivity index (χ0n) is 9.33. The van der Waals surface area contributed by atoms with E-state index in [1.54, 1.807) is 0 Å². The number of pyridine rings is 1. The van der Waals surface area contributed by atoms with E-state index >= 15 is 0 Å². The number of nitrogens with zero attached hydrogens (tertiary/aromatic N) is 2. The summed E-state index contributed by atoms with van der Waals surface area (Å²) >= 11 is 5.87. The van der Waals surface area contributed by atoms with Crippen molar-refractivity contribution in [2.24, 2.45) is 0 Å². The highest BCUT2D eigenvalue weighted by atomic mass is 35.5. The minimum Gasteiger partial charge on any atom is -0.297 e. The molecule has 1 aliphatic heterocycles. The van der Waals surface area contributed by atoms with Gasteiger partial charge in [0.15, 0.2) is 0 Å². The molecule has 2 heterocycles. The molecule has 0 unspecified atom stereocenters. The van der Waals surface area contributed by atoms with E-state index in [0.717, 1.165) is 6.54 Å². The number of halogens is 1. The summed E-state index contributed by atoms with van der Waals surface area (Å²) in [4.78, 5) is 6.70. The Balaban J connectivity index is 2.28. The molecule has 1 aromatic rings. The minimum atomic E-state index is 0.555. The lowest BCUT2D eigenvalue weighted by Crippen LogP contribution is -2.23. The summed E-state index contributed by atoms with van der Waals surface area (Å²) in [6, 6.07) is 2.52. The fraction of sp³-hybridized carbons (Fsp3) is 0.583. The lowest BCUT2D eigenvalue weighted by atomic mass is 10.0. The summed E-state index contributed by atoms with van der Waals surface area (Å²) in [5, 5.41) is 0.595. The molecular formula is C12H17ClN2. The molecule has 3 heteroatoms. The Morgan fingerprint density at radius 1 is 1.60 bits per heavy atom. The Morgan fingerprint density at radius 3 is 3.07 bits per heavy atom. The van der Waals surface area contributed by atoms with Crippen molar-refractivity contribution in [2.45, 2.75) is 32.7 Å². The highest BCUT2D eigenvalue weighted by Gasteiger charge is 2.25. The number of aryl methyl sites for hydroxylation is 1. The molecule has 0 saturated carbocycles. The van der Waals surface area contributed by atoms with Crippen LogP contribution in [-0.2, 0) is 0 Å². The first-order valence-electron chi connectivity index (χ1n) is 5.58. The molecule has 0 amide bonds. The van der Waals surface area contributed by atoms with Gasteiger partial charge in [0.05, 0.1) is 0 Å². The highest BCUT2D eigenvalue weighted by Crippen LogP contribution is 2.33. The Labute approximate surface area is 96.3 Å². The standard InChI is InChI=1S/C12H17ClN2/c1-3-15-6-4-5-11(15)10-8-14-12(13)7-9(10)2/h7-8,11H,3-6H2,1-2H3/t11-/m1/s1. The molecule has 0 N–H and O–H groups in total. The topological polar surface area (TPSA) is 16.1 Å².